The number of nitrogens with zero attached hydrogens (tertiary/aromatic N) is 5. The molecule has 0 atom stereocenters. The quantitative estimate of drug-likeness (QED) is 0.476. The molecule has 1 amide bonds. The van der Waals surface area contributed by atoms with E-state index in [2.05, 4.69) is 20.4 Å². The first-order valence-corrected chi connectivity index (χ1v) is 7.75. The molecule has 0 aliphatic carbocycles. The molecule has 3 rings (SSSR count). The van der Waals surface area contributed by atoms with Crippen LogP contribution in [0.15, 0.2) is 49.1 Å². The molecule has 0 aliphatic heterocycles. The Balaban J connectivity index is 1.69. The van der Waals surface area contributed by atoms with Gasteiger partial charge in [0.05, 0.1) is 18.4 Å². The van der Waals surface area contributed by atoms with Crippen molar-refractivity contribution < 1.29 is 19.6 Å². The standard InChI is InChI=1S/C16H14N6O5/c23-16(24)18-5-6-21-10-11(8-20-21)14-7-12(3-4-17-14)27-13-1-2-15(19-9-13)22(25)26/h1-4,7-10,18H,5-6H2,(H,23,24). The van der Waals surface area contributed by atoms with Crippen LogP contribution in [-0.2, 0) is 6.54 Å². The maximum Gasteiger partial charge on any atom is 0.404 e. The number of hydrogen-bond donors (Lipinski definition) is 2. The molecule has 0 bridgehead atoms. The summed E-state index contributed by atoms with van der Waals surface area (Å²) in [5.74, 6) is 0.576. The number of carboxylic acid groups (broad SMARTS) is 1. The van der Waals surface area contributed by atoms with E-state index in [9.17, 15) is 14.9 Å². The van der Waals surface area contributed by atoms with E-state index in [0.717, 1.165) is 5.56 Å². The first-order valence-electron chi connectivity index (χ1n) is 7.75. The van der Waals surface area contributed by atoms with Crippen molar-refractivity contribution in [1.82, 2.24) is 25.1 Å². The minimum Gasteiger partial charge on any atom is -0.465 e. The number of hydrogen-bond acceptors (Lipinski definition) is 7. The molecule has 11 heteroatoms. The van der Waals surface area contributed by atoms with Gasteiger partial charge in [-0.05, 0) is 22.0 Å². The number of ether oxygens (including phenoxy) is 1. The van der Waals surface area contributed by atoms with Gasteiger partial charge in [0.2, 0.25) is 0 Å². The number of amides is 1. The van der Waals surface area contributed by atoms with Gasteiger partial charge < -0.3 is 25.3 Å². The fourth-order valence-corrected chi connectivity index (χ4v) is 2.20. The first-order chi connectivity index (χ1) is 13.0. The van der Waals surface area contributed by atoms with Crippen molar-refractivity contribution in [3.05, 3.63) is 59.2 Å². The maximum atomic E-state index is 10.6. The van der Waals surface area contributed by atoms with Crippen molar-refractivity contribution in [2.24, 2.45) is 0 Å². The SMILES string of the molecule is O=C(O)NCCn1cc(-c2cc(Oc3ccc([N+](=O)[O-])nc3)ccn2)cn1. The lowest BCUT2D eigenvalue weighted by Gasteiger charge is -2.05. The van der Waals surface area contributed by atoms with E-state index in [1.165, 1.54) is 18.3 Å². The lowest BCUT2D eigenvalue weighted by atomic mass is 10.2. The zero-order valence-corrected chi connectivity index (χ0v) is 13.8. The van der Waals surface area contributed by atoms with Crippen LogP contribution < -0.4 is 10.1 Å². The van der Waals surface area contributed by atoms with Gasteiger partial charge >= 0.3 is 11.9 Å². The van der Waals surface area contributed by atoms with E-state index in [0.29, 0.717) is 23.7 Å². The highest BCUT2D eigenvalue weighted by molar-refractivity contribution is 5.64. The van der Waals surface area contributed by atoms with Crippen molar-refractivity contribution in [1.29, 1.82) is 0 Å². The summed E-state index contributed by atoms with van der Waals surface area (Å²) < 4.78 is 7.24. The summed E-state index contributed by atoms with van der Waals surface area (Å²) in [5.41, 5.74) is 1.34. The molecule has 0 saturated carbocycles. The highest BCUT2D eigenvalue weighted by Gasteiger charge is 2.09. The van der Waals surface area contributed by atoms with Crippen LogP contribution in [0.4, 0.5) is 10.6 Å². The Morgan fingerprint density at radius 1 is 1.26 bits per heavy atom. The smallest absolute Gasteiger partial charge is 0.404 e. The van der Waals surface area contributed by atoms with Crippen molar-refractivity contribution >= 4 is 11.9 Å². The van der Waals surface area contributed by atoms with E-state index in [1.54, 1.807) is 35.4 Å². The molecule has 0 spiro atoms. The second-order valence-corrected chi connectivity index (χ2v) is 5.31. The molecule has 3 aromatic heterocycles. The molecule has 138 valence electrons. The van der Waals surface area contributed by atoms with Crippen LogP contribution >= 0.6 is 0 Å². The number of rotatable bonds is 7. The zero-order chi connectivity index (χ0) is 19.2. The van der Waals surface area contributed by atoms with Gasteiger partial charge in [0.25, 0.3) is 0 Å². The van der Waals surface area contributed by atoms with E-state index in [-0.39, 0.29) is 12.4 Å². The monoisotopic (exact) mass is 370 g/mol. The molecule has 3 aromatic rings. The summed E-state index contributed by atoms with van der Waals surface area (Å²) in [6, 6.07) is 6.05. The lowest BCUT2D eigenvalue weighted by Crippen LogP contribution is -2.25. The highest BCUT2D eigenvalue weighted by atomic mass is 16.6. The minimum atomic E-state index is -1.09. The van der Waals surface area contributed by atoms with Gasteiger partial charge in [-0.3, -0.25) is 9.67 Å². The Labute approximate surface area is 152 Å². The Morgan fingerprint density at radius 2 is 2.11 bits per heavy atom. The third kappa shape index (κ3) is 4.75. The number of aromatic nitrogens is 4. The lowest BCUT2D eigenvalue weighted by molar-refractivity contribution is -0.389. The molecule has 0 radical (unpaired) electrons. The zero-order valence-electron chi connectivity index (χ0n) is 13.8. The molecule has 11 nitrogen and oxygen atoms in total. The molecule has 2 N–H and O–H groups in total. The summed E-state index contributed by atoms with van der Waals surface area (Å²) >= 11 is 0. The average Bonchev–Trinajstić information content (AvgIpc) is 3.11. The molecular formula is C16H14N6O5. The topological polar surface area (TPSA) is 145 Å². The summed E-state index contributed by atoms with van der Waals surface area (Å²) in [7, 11) is 0. The molecule has 3 heterocycles. The normalized spacial score (nSPS) is 10.4. The summed E-state index contributed by atoms with van der Waals surface area (Å²) in [4.78, 5) is 28.5. The molecule has 0 unspecified atom stereocenters. The van der Waals surface area contributed by atoms with Crippen LogP contribution in [-0.4, -0.2) is 42.4 Å². The van der Waals surface area contributed by atoms with E-state index >= 15 is 0 Å². The van der Waals surface area contributed by atoms with Crippen LogP contribution in [0.5, 0.6) is 11.5 Å². The number of pyridine rings is 2. The summed E-state index contributed by atoms with van der Waals surface area (Å²) in [6.07, 6.45) is 5.09. The van der Waals surface area contributed by atoms with Crippen molar-refractivity contribution in [3.8, 4) is 22.8 Å². The molecule has 0 fully saturated rings. The van der Waals surface area contributed by atoms with Gasteiger partial charge in [-0.15, -0.1) is 0 Å². The van der Waals surface area contributed by atoms with E-state index in [1.807, 2.05) is 0 Å². The van der Waals surface area contributed by atoms with Gasteiger partial charge in [0, 0.05) is 36.6 Å². The van der Waals surface area contributed by atoms with Gasteiger partial charge in [-0.25, -0.2) is 4.79 Å². The summed E-state index contributed by atoms with van der Waals surface area (Å²) in [5, 5.41) is 25.6. The summed E-state index contributed by atoms with van der Waals surface area (Å²) in [6.45, 7) is 0.622. The van der Waals surface area contributed by atoms with Gasteiger partial charge in [-0.2, -0.15) is 5.10 Å². The third-order valence-corrected chi connectivity index (χ3v) is 3.42. The van der Waals surface area contributed by atoms with Crippen LogP contribution in [0.1, 0.15) is 0 Å². The van der Waals surface area contributed by atoms with Crippen LogP contribution in [0.2, 0.25) is 0 Å². The molecular weight excluding hydrogens is 356 g/mol. The maximum absolute atomic E-state index is 10.6. The fourth-order valence-electron chi connectivity index (χ4n) is 2.20. The predicted molar refractivity (Wildman–Crippen MR) is 92.5 cm³/mol. The Bertz CT molecular complexity index is 956. The highest BCUT2D eigenvalue weighted by Crippen LogP contribution is 2.25. The third-order valence-electron chi connectivity index (χ3n) is 3.42. The van der Waals surface area contributed by atoms with Gasteiger partial charge in [0.15, 0.2) is 11.9 Å². The van der Waals surface area contributed by atoms with Crippen molar-refractivity contribution in [2.45, 2.75) is 6.54 Å². The average molecular weight is 370 g/mol. The molecule has 27 heavy (non-hydrogen) atoms. The van der Waals surface area contributed by atoms with Gasteiger partial charge in [-0.1, -0.05) is 0 Å². The molecule has 0 saturated heterocycles. The largest absolute Gasteiger partial charge is 0.465 e. The first kappa shape index (κ1) is 17.8. The second kappa shape index (κ2) is 7.91. The molecule has 0 aromatic carbocycles. The second-order valence-electron chi connectivity index (χ2n) is 5.31. The van der Waals surface area contributed by atoms with Crippen molar-refractivity contribution in [3.63, 3.8) is 0 Å². The number of nitro groups is 1. The Kier molecular flexibility index (Phi) is 5.21. The van der Waals surface area contributed by atoms with E-state index < -0.39 is 11.0 Å². The molecule has 0 aliphatic rings. The van der Waals surface area contributed by atoms with Gasteiger partial charge in [0.1, 0.15) is 5.75 Å². The fraction of sp³-hybridized carbons (Fsp3) is 0.125. The number of carbonyl (C=O) groups is 1. The minimum absolute atomic E-state index is 0.236. The number of nitrogens with one attached hydrogen (secondary N) is 1. The Morgan fingerprint density at radius 3 is 2.81 bits per heavy atom. The predicted octanol–water partition coefficient (Wildman–Crippen LogP) is 2.31. The van der Waals surface area contributed by atoms with E-state index in [4.69, 9.17) is 9.84 Å². The van der Waals surface area contributed by atoms with Crippen molar-refractivity contribution in [2.75, 3.05) is 6.54 Å². The van der Waals surface area contributed by atoms with Crippen LogP contribution in [0, 0.1) is 10.1 Å². The Hall–Kier alpha value is -4.02. The van der Waals surface area contributed by atoms with Crippen LogP contribution in [0.25, 0.3) is 11.3 Å². The van der Waals surface area contributed by atoms with Crippen LogP contribution in [0.3, 0.4) is 0 Å².